The number of amides is 1. The summed E-state index contributed by atoms with van der Waals surface area (Å²) >= 11 is 0. The molecule has 182 valence electrons. The van der Waals surface area contributed by atoms with E-state index in [-0.39, 0.29) is 36.8 Å². The second-order valence-electron chi connectivity index (χ2n) is 9.14. The number of fused-ring (bicyclic) bond motifs is 1. The zero-order valence-corrected chi connectivity index (χ0v) is 21.4. The number of rotatable bonds is 8. The van der Waals surface area contributed by atoms with Gasteiger partial charge in [-0.3, -0.25) is 9.69 Å². The summed E-state index contributed by atoms with van der Waals surface area (Å²) in [5.74, 6) is 0.216. The second kappa shape index (κ2) is 13.8. The molecule has 1 saturated heterocycles. The molecule has 1 unspecified atom stereocenters. The number of nitrogens with one attached hydrogen (secondary N) is 1. The molecule has 1 amide bonds. The van der Waals surface area contributed by atoms with Crippen LogP contribution in [0.3, 0.4) is 0 Å². The smallest absolute Gasteiger partial charge is 0.220 e. The van der Waals surface area contributed by atoms with E-state index in [0.717, 1.165) is 58.4 Å². The maximum atomic E-state index is 12.5. The van der Waals surface area contributed by atoms with Crippen LogP contribution in [-0.4, -0.2) is 43.5 Å². The topological polar surface area (TPSA) is 35.6 Å². The van der Waals surface area contributed by atoms with E-state index in [1.54, 1.807) is 0 Å². The van der Waals surface area contributed by atoms with Crippen LogP contribution in [0.2, 0.25) is 0 Å². The first-order valence-electron chi connectivity index (χ1n) is 12.1. The maximum Gasteiger partial charge on any atom is 0.220 e. The van der Waals surface area contributed by atoms with Crippen molar-refractivity contribution < 1.29 is 4.79 Å². The minimum Gasteiger partial charge on any atom is -0.369 e. The zero-order valence-electron chi connectivity index (χ0n) is 19.8. The van der Waals surface area contributed by atoms with Gasteiger partial charge in [0.25, 0.3) is 0 Å². The van der Waals surface area contributed by atoms with Crippen molar-refractivity contribution in [2.24, 2.45) is 0 Å². The SMILES string of the molecule is Cc1ccccc1N1CCN(CCCCCC(=O)NC2CCCc3ccccc32)CC1.Cl.Cl. The molecule has 0 bridgehead atoms. The number of unbranched alkanes of at least 4 members (excludes halogenated alkanes) is 2. The minimum absolute atomic E-state index is 0. The highest BCUT2D eigenvalue weighted by atomic mass is 35.5. The number of carbonyl (C=O) groups excluding carboxylic acids is 1. The van der Waals surface area contributed by atoms with Gasteiger partial charge in [0.1, 0.15) is 0 Å². The van der Waals surface area contributed by atoms with Gasteiger partial charge in [-0.15, -0.1) is 24.8 Å². The lowest BCUT2D eigenvalue weighted by molar-refractivity contribution is -0.122. The minimum atomic E-state index is 0. The quantitative estimate of drug-likeness (QED) is 0.479. The molecule has 2 aliphatic rings. The first-order chi connectivity index (χ1) is 15.2. The van der Waals surface area contributed by atoms with Crippen LogP contribution < -0.4 is 10.2 Å². The average molecular weight is 493 g/mol. The van der Waals surface area contributed by atoms with E-state index in [1.165, 1.54) is 35.2 Å². The van der Waals surface area contributed by atoms with Crippen LogP contribution in [0.5, 0.6) is 0 Å². The summed E-state index contributed by atoms with van der Waals surface area (Å²) < 4.78 is 0. The number of halogens is 2. The molecule has 1 fully saturated rings. The molecule has 33 heavy (non-hydrogen) atoms. The van der Waals surface area contributed by atoms with Crippen molar-refractivity contribution in [2.45, 2.75) is 57.9 Å². The summed E-state index contributed by atoms with van der Waals surface area (Å²) in [5.41, 5.74) is 5.48. The van der Waals surface area contributed by atoms with E-state index in [4.69, 9.17) is 0 Å². The van der Waals surface area contributed by atoms with Gasteiger partial charge in [-0.1, -0.05) is 48.9 Å². The summed E-state index contributed by atoms with van der Waals surface area (Å²) in [7, 11) is 0. The zero-order chi connectivity index (χ0) is 21.5. The molecule has 2 aromatic carbocycles. The maximum absolute atomic E-state index is 12.5. The molecule has 1 N–H and O–H groups in total. The van der Waals surface area contributed by atoms with Crippen molar-refractivity contribution >= 4 is 36.4 Å². The molecule has 6 heteroatoms. The summed E-state index contributed by atoms with van der Waals surface area (Å²) in [6.07, 6.45) is 7.33. The Kier molecular flexibility index (Phi) is 11.5. The van der Waals surface area contributed by atoms with E-state index in [1.807, 2.05) is 0 Å². The van der Waals surface area contributed by atoms with Crippen molar-refractivity contribution in [1.29, 1.82) is 0 Å². The first-order valence-corrected chi connectivity index (χ1v) is 12.1. The molecule has 1 aliphatic heterocycles. The van der Waals surface area contributed by atoms with Crippen molar-refractivity contribution in [3.8, 4) is 0 Å². The Labute approximate surface area is 211 Å². The highest BCUT2D eigenvalue weighted by molar-refractivity contribution is 5.85. The van der Waals surface area contributed by atoms with Crippen molar-refractivity contribution in [3.63, 3.8) is 0 Å². The molecule has 0 saturated carbocycles. The lowest BCUT2D eigenvalue weighted by atomic mass is 9.87. The third kappa shape index (κ3) is 7.63. The summed E-state index contributed by atoms with van der Waals surface area (Å²) in [6, 6.07) is 17.5. The average Bonchev–Trinajstić information content (AvgIpc) is 2.80. The first kappa shape index (κ1) is 27.5. The standard InChI is InChI=1S/C27H37N3O.2ClH/c1-22-10-4-7-15-26(22)30-20-18-29(19-21-30)17-8-2-3-16-27(31)28-25-14-9-12-23-11-5-6-13-24(23)25;;/h4-7,10-11,13,15,25H,2-3,8-9,12,14,16-21H2,1H3,(H,28,31);2*1H. The summed E-state index contributed by atoms with van der Waals surface area (Å²) in [6.45, 7) is 7.84. The van der Waals surface area contributed by atoms with Crippen LogP contribution in [0.1, 0.15) is 61.3 Å². The Hall–Kier alpha value is -1.75. The largest absolute Gasteiger partial charge is 0.369 e. The highest BCUT2D eigenvalue weighted by Crippen LogP contribution is 2.29. The number of hydrogen-bond donors (Lipinski definition) is 1. The van der Waals surface area contributed by atoms with Crippen molar-refractivity contribution in [3.05, 3.63) is 65.2 Å². The Morgan fingerprint density at radius 2 is 1.67 bits per heavy atom. The normalized spacial score (nSPS) is 18.0. The van der Waals surface area contributed by atoms with Crippen LogP contribution in [0, 0.1) is 6.92 Å². The number of anilines is 1. The number of para-hydroxylation sites is 1. The third-order valence-corrected chi connectivity index (χ3v) is 6.91. The molecule has 1 aliphatic carbocycles. The molecule has 4 rings (SSSR count). The fraction of sp³-hybridized carbons (Fsp3) is 0.519. The lowest BCUT2D eigenvalue weighted by Crippen LogP contribution is -2.46. The summed E-state index contributed by atoms with van der Waals surface area (Å²) in [5, 5.41) is 3.29. The van der Waals surface area contributed by atoms with Gasteiger partial charge in [-0.05, 0) is 68.3 Å². The van der Waals surface area contributed by atoms with E-state index >= 15 is 0 Å². The molecule has 0 aromatic heterocycles. The third-order valence-electron chi connectivity index (χ3n) is 6.91. The molecule has 4 nitrogen and oxygen atoms in total. The van der Waals surface area contributed by atoms with Gasteiger partial charge in [-0.25, -0.2) is 0 Å². The van der Waals surface area contributed by atoms with Crippen molar-refractivity contribution in [2.75, 3.05) is 37.6 Å². The van der Waals surface area contributed by atoms with Gasteiger partial charge < -0.3 is 10.2 Å². The lowest BCUT2D eigenvalue weighted by Gasteiger charge is -2.36. The Morgan fingerprint density at radius 1 is 0.939 bits per heavy atom. The second-order valence-corrected chi connectivity index (χ2v) is 9.14. The van der Waals surface area contributed by atoms with Gasteiger partial charge in [-0.2, -0.15) is 0 Å². The number of piperazine rings is 1. The van der Waals surface area contributed by atoms with E-state index < -0.39 is 0 Å². The van der Waals surface area contributed by atoms with Crippen LogP contribution in [0.15, 0.2) is 48.5 Å². The van der Waals surface area contributed by atoms with E-state index in [2.05, 4.69) is 70.6 Å². The van der Waals surface area contributed by atoms with E-state index in [9.17, 15) is 4.79 Å². The number of carbonyl (C=O) groups is 1. The van der Waals surface area contributed by atoms with Gasteiger partial charge in [0, 0.05) is 38.3 Å². The molecule has 0 spiro atoms. The van der Waals surface area contributed by atoms with Crippen LogP contribution in [0.25, 0.3) is 0 Å². The number of benzene rings is 2. The molecule has 0 radical (unpaired) electrons. The molecular formula is C27H39Cl2N3O. The van der Waals surface area contributed by atoms with Crippen LogP contribution in [0.4, 0.5) is 5.69 Å². The van der Waals surface area contributed by atoms with Gasteiger partial charge in [0.15, 0.2) is 0 Å². The Bertz CT molecular complexity index is 868. The predicted molar refractivity (Wildman–Crippen MR) is 143 cm³/mol. The van der Waals surface area contributed by atoms with E-state index in [0.29, 0.717) is 6.42 Å². The van der Waals surface area contributed by atoms with Crippen LogP contribution >= 0.6 is 24.8 Å². The summed E-state index contributed by atoms with van der Waals surface area (Å²) in [4.78, 5) is 17.5. The Morgan fingerprint density at radius 3 is 2.45 bits per heavy atom. The van der Waals surface area contributed by atoms with Crippen molar-refractivity contribution in [1.82, 2.24) is 10.2 Å². The highest BCUT2D eigenvalue weighted by Gasteiger charge is 2.21. The van der Waals surface area contributed by atoms with Gasteiger partial charge in [0.2, 0.25) is 5.91 Å². The monoisotopic (exact) mass is 491 g/mol. The number of aryl methyl sites for hydroxylation is 2. The molecule has 1 heterocycles. The van der Waals surface area contributed by atoms with Crippen LogP contribution in [-0.2, 0) is 11.2 Å². The molecular weight excluding hydrogens is 453 g/mol. The fourth-order valence-corrected chi connectivity index (χ4v) is 5.10. The number of nitrogens with zero attached hydrogens (tertiary/aromatic N) is 2. The predicted octanol–water partition coefficient (Wildman–Crippen LogP) is 5.71. The number of hydrogen-bond acceptors (Lipinski definition) is 3. The Balaban J connectivity index is 0.00000193. The molecule has 1 atom stereocenters. The fourth-order valence-electron chi connectivity index (χ4n) is 5.10. The van der Waals surface area contributed by atoms with Gasteiger partial charge in [0.05, 0.1) is 6.04 Å². The molecule has 2 aromatic rings. The van der Waals surface area contributed by atoms with Gasteiger partial charge >= 0.3 is 0 Å².